The first kappa shape index (κ1) is 11.9. The molecule has 1 saturated heterocycles. The Morgan fingerprint density at radius 2 is 2.53 bits per heavy atom. The maximum atomic E-state index is 11.9. The number of carbonyl (C=O) groups is 1. The Kier molecular flexibility index (Phi) is 3.58. The van der Waals surface area contributed by atoms with Gasteiger partial charge in [0.05, 0.1) is 18.2 Å². The second kappa shape index (κ2) is 5.14. The third-order valence-electron chi connectivity index (χ3n) is 3.31. The van der Waals surface area contributed by atoms with Crippen molar-refractivity contribution in [2.75, 3.05) is 19.6 Å². The topological polar surface area (TPSA) is 75.0 Å². The molecule has 2 atom stereocenters. The summed E-state index contributed by atoms with van der Waals surface area (Å²) in [5, 5.41) is 0. The number of hydrogen-bond acceptors (Lipinski definition) is 3. The van der Waals surface area contributed by atoms with Crippen LogP contribution in [-0.2, 0) is 4.79 Å². The highest BCUT2D eigenvalue weighted by atomic mass is 16.2. The lowest BCUT2D eigenvalue weighted by atomic mass is 9.99. The van der Waals surface area contributed by atoms with E-state index in [1.54, 1.807) is 24.7 Å². The van der Waals surface area contributed by atoms with Crippen LogP contribution in [0.4, 0.5) is 0 Å². The predicted molar refractivity (Wildman–Crippen MR) is 65.9 cm³/mol. The molecule has 0 saturated carbocycles. The van der Waals surface area contributed by atoms with Gasteiger partial charge in [-0.1, -0.05) is 6.92 Å². The third kappa shape index (κ3) is 2.74. The van der Waals surface area contributed by atoms with Gasteiger partial charge in [-0.2, -0.15) is 0 Å². The molecule has 1 amide bonds. The summed E-state index contributed by atoms with van der Waals surface area (Å²) in [4.78, 5) is 20.6. The standard InChI is InChI=1S/C12H18N4O/c1-9-6-16(7-10(9)4-13)12(17)3-2-11-5-14-8-15-11/h2-3,5,8-10H,4,6-7,13H2,1H3,(H,14,15)/b3-2+. The summed E-state index contributed by atoms with van der Waals surface area (Å²) in [6, 6.07) is 0. The maximum Gasteiger partial charge on any atom is 0.246 e. The Balaban J connectivity index is 1.93. The first-order chi connectivity index (χ1) is 8.20. The molecule has 2 heterocycles. The molecular weight excluding hydrogens is 216 g/mol. The molecule has 1 aromatic rings. The predicted octanol–water partition coefficient (Wildman–Crippen LogP) is 0.476. The molecule has 5 heteroatoms. The van der Waals surface area contributed by atoms with E-state index in [1.165, 1.54) is 0 Å². The monoisotopic (exact) mass is 234 g/mol. The van der Waals surface area contributed by atoms with Gasteiger partial charge in [0.25, 0.3) is 0 Å². The van der Waals surface area contributed by atoms with Crippen molar-refractivity contribution < 1.29 is 4.79 Å². The van der Waals surface area contributed by atoms with Gasteiger partial charge in [-0.05, 0) is 24.5 Å². The molecule has 0 aromatic carbocycles. The van der Waals surface area contributed by atoms with Crippen molar-refractivity contribution in [2.45, 2.75) is 6.92 Å². The summed E-state index contributed by atoms with van der Waals surface area (Å²) in [6.07, 6.45) is 6.60. The minimum Gasteiger partial charge on any atom is -0.345 e. The molecule has 92 valence electrons. The molecule has 1 fully saturated rings. The number of likely N-dealkylation sites (tertiary alicyclic amines) is 1. The van der Waals surface area contributed by atoms with Crippen LogP contribution in [0, 0.1) is 11.8 Å². The van der Waals surface area contributed by atoms with Crippen LogP contribution in [0.2, 0.25) is 0 Å². The van der Waals surface area contributed by atoms with Crippen molar-refractivity contribution in [3.05, 3.63) is 24.3 Å². The molecule has 1 aliphatic rings. The third-order valence-corrected chi connectivity index (χ3v) is 3.31. The minimum absolute atomic E-state index is 0.0439. The number of imidazole rings is 1. The summed E-state index contributed by atoms with van der Waals surface area (Å²) in [5.74, 6) is 0.964. The Morgan fingerprint density at radius 1 is 1.71 bits per heavy atom. The van der Waals surface area contributed by atoms with Gasteiger partial charge in [0.15, 0.2) is 0 Å². The van der Waals surface area contributed by atoms with Gasteiger partial charge in [0, 0.05) is 19.2 Å². The molecular formula is C12H18N4O. The summed E-state index contributed by atoms with van der Waals surface area (Å²) >= 11 is 0. The lowest BCUT2D eigenvalue weighted by Crippen LogP contribution is -2.28. The van der Waals surface area contributed by atoms with Crippen LogP contribution < -0.4 is 5.73 Å². The van der Waals surface area contributed by atoms with E-state index in [0.29, 0.717) is 18.4 Å². The number of aromatic nitrogens is 2. The van der Waals surface area contributed by atoms with Gasteiger partial charge >= 0.3 is 0 Å². The Hall–Kier alpha value is -1.62. The fourth-order valence-electron chi connectivity index (χ4n) is 2.15. The van der Waals surface area contributed by atoms with Gasteiger partial charge < -0.3 is 15.6 Å². The average Bonchev–Trinajstić information content (AvgIpc) is 2.94. The minimum atomic E-state index is 0.0439. The highest BCUT2D eigenvalue weighted by Gasteiger charge is 2.30. The van der Waals surface area contributed by atoms with Crippen molar-refractivity contribution in [1.82, 2.24) is 14.9 Å². The Morgan fingerprint density at radius 3 is 3.12 bits per heavy atom. The first-order valence-electron chi connectivity index (χ1n) is 5.86. The SMILES string of the molecule is CC1CN(C(=O)/C=C/c2cnc[nH]2)CC1CN. The molecule has 0 bridgehead atoms. The molecule has 0 radical (unpaired) electrons. The highest BCUT2D eigenvalue weighted by Crippen LogP contribution is 2.22. The number of carbonyl (C=O) groups excluding carboxylic acids is 1. The lowest BCUT2D eigenvalue weighted by molar-refractivity contribution is -0.125. The molecule has 2 unspecified atom stereocenters. The quantitative estimate of drug-likeness (QED) is 0.747. The molecule has 2 rings (SSSR count). The Bertz CT molecular complexity index is 399. The van der Waals surface area contributed by atoms with Crippen molar-refractivity contribution in [2.24, 2.45) is 17.6 Å². The van der Waals surface area contributed by atoms with Crippen LogP contribution in [0.25, 0.3) is 6.08 Å². The van der Waals surface area contributed by atoms with E-state index in [0.717, 1.165) is 18.8 Å². The van der Waals surface area contributed by atoms with Gasteiger partial charge in [-0.3, -0.25) is 4.79 Å². The van der Waals surface area contributed by atoms with E-state index in [9.17, 15) is 4.79 Å². The average molecular weight is 234 g/mol. The zero-order chi connectivity index (χ0) is 12.3. The lowest BCUT2D eigenvalue weighted by Gasteiger charge is -2.13. The fraction of sp³-hybridized carbons (Fsp3) is 0.500. The number of rotatable bonds is 3. The van der Waals surface area contributed by atoms with Crippen molar-refractivity contribution in [1.29, 1.82) is 0 Å². The van der Waals surface area contributed by atoms with Crippen LogP contribution in [0.15, 0.2) is 18.6 Å². The number of amides is 1. The molecule has 17 heavy (non-hydrogen) atoms. The van der Waals surface area contributed by atoms with Crippen LogP contribution >= 0.6 is 0 Å². The molecule has 0 aliphatic carbocycles. The second-order valence-electron chi connectivity index (χ2n) is 4.56. The van der Waals surface area contributed by atoms with Crippen LogP contribution in [-0.4, -0.2) is 40.4 Å². The van der Waals surface area contributed by atoms with Gasteiger partial charge in [0.1, 0.15) is 0 Å². The molecule has 1 aromatic heterocycles. The zero-order valence-corrected chi connectivity index (χ0v) is 9.97. The number of nitrogens with zero attached hydrogens (tertiary/aromatic N) is 2. The van der Waals surface area contributed by atoms with E-state index >= 15 is 0 Å². The highest BCUT2D eigenvalue weighted by molar-refractivity contribution is 5.91. The van der Waals surface area contributed by atoms with Crippen molar-refractivity contribution >= 4 is 12.0 Å². The first-order valence-corrected chi connectivity index (χ1v) is 5.86. The Labute approximate surface area is 101 Å². The van der Waals surface area contributed by atoms with E-state index in [4.69, 9.17) is 5.73 Å². The van der Waals surface area contributed by atoms with Crippen LogP contribution in [0.3, 0.4) is 0 Å². The number of nitrogens with one attached hydrogen (secondary N) is 1. The number of nitrogens with two attached hydrogens (primary N) is 1. The van der Waals surface area contributed by atoms with Crippen molar-refractivity contribution in [3.8, 4) is 0 Å². The molecule has 0 spiro atoms. The van der Waals surface area contributed by atoms with E-state index < -0.39 is 0 Å². The summed E-state index contributed by atoms with van der Waals surface area (Å²) in [7, 11) is 0. The smallest absolute Gasteiger partial charge is 0.246 e. The summed E-state index contributed by atoms with van der Waals surface area (Å²) in [6.45, 7) is 4.36. The fourth-order valence-corrected chi connectivity index (χ4v) is 2.15. The second-order valence-corrected chi connectivity index (χ2v) is 4.56. The van der Waals surface area contributed by atoms with E-state index in [1.807, 2.05) is 4.90 Å². The normalized spacial score (nSPS) is 24.7. The van der Waals surface area contributed by atoms with Crippen LogP contribution in [0.5, 0.6) is 0 Å². The number of H-pyrrole nitrogens is 1. The van der Waals surface area contributed by atoms with E-state index in [2.05, 4.69) is 16.9 Å². The molecule has 5 nitrogen and oxygen atoms in total. The van der Waals surface area contributed by atoms with Gasteiger partial charge in [0.2, 0.25) is 5.91 Å². The van der Waals surface area contributed by atoms with Gasteiger partial charge in [-0.25, -0.2) is 4.98 Å². The zero-order valence-electron chi connectivity index (χ0n) is 9.97. The van der Waals surface area contributed by atoms with Crippen molar-refractivity contribution in [3.63, 3.8) is 0 Å². The summed E-state index contributed by atoms with van der Waals surface area (Å²) in [5.41, 5.74) is 6.50. The number of aromatic amines is 1. The molecule has 3 N–H and O–H groups in total. The maximum absolute atomic E-state index is 11.9. The number of hydrogen-bond donors (Lipinski definition) is 2. The largest absolute Gasteiger partial charge is 0.345 e. The molecule has 1 aliphatic heterocycles. The van der Waals surface area contributed by atoms with E-state index in [-0.39, 0.29) is 5.91 Å². The van der Waals surface area contributed by atoms with Crippen LogP contribution in [0.1, 0.15) is 12.6 Å². The van der Waals surface area contributed by atoms with Gasteiger partial charge in [-0.15, -0.1) is 0 Å². The summed E-state index contributed by atoms with van der Waals surface area (Å²) < 4.78 is 0.